The van der Waals surface area contributed by atoms with Crippen molar-refractivity contribution in [3.05, 3.63) is 60.2 Å². The van der Waals surface area contributed by atoms with Gasteiger partial charge in [-0.05, 0) is 42.2 Å². The molecule has 0 aliphatic carbocycles. The minimum Gasteiger partial charge on any atom is -0.328 e. The molecule has 3 aromatic heterocycles. The molecule has 1 unspecified atom stereocenters. The maximum Gasteiger partial charge on any atom is 0.140 e. The zero-order valence-corrected chi connectivity index (χ0v) is 12.2. The summed E-state index contributed by atoms with van der Waals surface area (Å²) < 4.78 is 2.18. The number of hydrogen-bond acceptors (Lipinski definition) is 3. The normalized spacial score (nSPS) is 12.7. The van der Waals surface area contributed by atoms with Crippen molar-refractivity contribution in [3.8, 4) is 0 Å². The summed E-state index contributed by atoms with van der Waals surface area (Å²) in [5, 5.41) is 1.20. The fraction of sp³-hybridized carbons (Fsp3) is 0.294. The van der Waals surface area contributed by atoms with Crippen molar-refractivity contribution in [1.29, 1.82) is 0 Å². The number of pyridine rings is 2. The van der Waals surface area contributed by atoms with E-state index in [-0.39, 0.29) is 6.04 Å². The van der Waals surface area contributed by atoms with Crippen molar-refractivity contribution in [2.45, 2.75) is 32.4 Å². The SMILES string of the molecule is CCC(N)Cc1cn(Cc2cccnc2)c2ncccc12. The van der Waals surface area contributed by atoms with Gasteiger partial charge in [-0.2, -0.15) is 0 Å². The summed E-state index contributed by atoms with van der Waals surface area (Å²) in [4.78, 5) is 8.71. The predicted molar refractivity (Wildman–Crippen MR) is 85.0 cm³/mol. The Hall–Kier alpha value is -2.20. The lowest BCUT2D eigenvalue weighted by Crippen LogP contribution is -2.21. The second-order valence-electron chi connectivity index (χ2n) is 5.39. The smallest absolute Gasteiger partial charge is 0.140 e. The average molecular weight is 280 g/mol. The van der Waals surface area contributed by atoms with Gasteiger partial charge in [-0.1, -0.05) is 13.0 Å². The molecule has 3 rings (SSSR count). The number of hydrogen-bond donors (Lipinski definition) is 1. The maximum absolute atomic E-state index is 6.12. The summed E-state index contributed by atoms with van der Waals surface area (Å²) in [6.07, 6.45) is 9.58. The van der Waals surface area contributed by atoms with E-state index in [2.05, 4.69) is 39.8 Å². The van der Waals surface area contributed by atoms with Gasteiger partial charge in [-0.3, -0.25) is 4.98 Å². The second kappa shape index (κ2) is 6.06. The first-order valence-electron chi connectivity index (χ1n) is 7.35. The van der Waals surface area contributed by atoms with E-state index in [0.29, 0.717) is 0 Å². The van der Waals surface area contributed by atoms with Gasteiger partial charge in [-0.15, -0.1) is 0 Å². The fourth-order valence-electron chi connectivity index (χ4n) is 2.59. The summed E-state index contributed by atoms with van der Waals surface area (Å²) in [6.45, 7) is 2.90. The van der Waals surface area contributed by atoms with Crippen LogP contribution in [0.3, 0.4) is 0 Å². The largest absolute Gasteiger partial charge is 0.328 e. The number of rotatable bonds is 5. The molecule has 0 aliphatic heterocycles. The summed E-state index contributed by atoms with van der Waals surface area (Å²) in [6, 6.07) is 8.35. The molecule has 0 spiro atoms. The molecule has 2 N–H and O–H groups in total. The van der Waals surface area contributed by atoms with Gasteiger partial charge in [0.05, 0.1) is 6.54 Å². The van der Waals surface area contributed by atoms with E-state index in [1.165, 1.54) is 16.5 Å². The zero-order valence-electron chi connectivity index (χ0n) is 12.2. The van der Waals surface area contributed by atoms with Crippen LogP contribution < -0.4 is 5.73 Å². The maximum atomic E-state index is 6.12. The average Bonchev–Trinajstić information content (AvgIpc) is 2.86. The van der Waals surface area contributed by atoms with Gasteiger partial charge in [0, 0.05) is 36.2 Å². The molecule has 21 heavy (non-hydrogen) atoms. The van der Waals surface area contributed by atoms with E-state index in [0.717, 1.165) is 25.0 Å². The lowest BCUT2D eigenvalue weighted by Gasteiger charge is -2.06. The third-order valence-electron chi connectivity index (χ3n) is 3.80. The molecule has 0 saturated heterocycles. The van der Waals surface area contributed by atoms with Crippen LogP contribution in [0.2, 0.25) is 0 Å². The molecule has 0 aromatic carbocycles. The quantitative estimate of drug-likeness (QED) is 0.782. The Balaban J connectivity index is 1.99. The minimum atomic E-state index is 0.197. The third kappa shape index (κ3) is 2.95. The molecule has 108 valence electrons. The van der Waals surface area contributed by atoms with E-state index >= 15 is 0 Å². The van der Waals surface area contributed by atoms with Crippen LogP contribution in [-0.4, -0.2) is 20.6 Å². The summed E-state index contributed by atoms with van der Waals surface area (Å²) >= 11 is 0. The summed E-state index contributed by atoms with van der Waals surface area (Å²) in [5.41, 5.74) is 9.58. The van der Waals surface area contributed by atoms with Gasteiger partial charge in [-0.25, -0.2) is 4.98 Å². The van der Waals surface area contributed by atoms with Crippen molar-refractivity contribution in [3.63, 3.8) is 0 Å². The third-order valence-corrected chi connectivity index (χ3v) is 3.80. The minimum absolute atomic E-state index is 0.197. The lowest BCUT2D eigenvalue weighted by atomic mass is 10.1. The van der Waals surface area contributed by atoms with Gasteiger partial charge in [0.15, 0.2) is 0 Å². The van der Waals surface area contributed by atoms with E-state index < -0.39 is 0 Å². The predicted octanol–water partition coefficient (Wildman–Crippen LogP) is 2.76. The number of nitrogens with zero attached hydrogens (tertiary/aromatic N) is 3. The topological polar surface area (TPSA) is 56.7 Å². The van der Waals surface area contributed by atoms with Crippen LogP contribution in [0.1, 0.15) is 24.5 Å². The molecule has 0 fully saturated rings. The molecule has 1 atom stereocenters. The fourth-order valence-corrected chi connectivity index (χ4v) is 2.59. The van der Waals surface area contributed by atoms with Crippen LogP contribution >= 0.6 is 0 Å². The van der Waals surface area contributed by atoms with E-state index in [9.17, 15) is 0 Å². The first-order valence-corrected chi connectivity index (χ1v) is 7.35. The number of fused-ring (bicyclic) bond motifs is 1. The van der Waals surface area contributed by atoms with Gasteiger partial charge >= 0.3 is 0 Å². The van der Waals surface area contributed by atoms with Crippen LogP contribution in [-0.2, 0) is 13.0 Å². The van der Waals surface area contributed by atoms with E-state index in [1.54, 1.807) is 6.20 Å². The monoisotopic (exact) mass is 280 g/mol. The van der Waals surface area contributed by atoms with Gasteiger partial charge in [0.25, 0.3) is 0 Å². The van der Waals surface area contributed by atoms with Crippen LogP contribution in [0.4, 0.5) is 0 Å². The van der Waals surface area contributed by atoms with Crippen molar-refractivity contribution >= 4 is 11.0 Å². The van der Waals surface area contributed by atoms with Gasteiger partial charge < -0.3 is 10.3 Å². The Morgan fingerprint density at radius 1 is 1.24 bits per heavy atom. The van der Waals surface area contributed by atoms with Crippen LogP contribution in [0.15, 0.2) is 49.1 Å². The van der Waals surface area contributed by atoms with Crippen LogP contribution in [0.25, 0.3) is 11.0 Å². The Morgan fingerprint density at radius 3 is 2.86 bits per heavy atom. The molecule has 3 aromatic rings. The van der Waals surface area contributed by atoms with Gasteiger partial charge in [0.2, 0.25) is 0 Å². The zero-order chi connectivity index (χ0) is 14.7. The summed E-state index contributed by atoms with van der Waals surface area (Å²) in [5.74, 6) is 0. The number of nitrogens with two attached hydrogens (primary N) is 1. The molecule has 0 saturated carbocycles. The van der Waals surface area contributed by atoms with E-state index in [1.807, 2.05) is 24.5 Å². The van der Waals surface area contributed by atoms with Crippen molar-refractivity contribution < 1.29 is 0 Å². The molecular weight excluding hydrogens is 260 g/mol. The Kier molecular flexibility index (Phi) is 3.97. The molecule has 0 amide bonds. The highest BCUT2D eigenvalue weighted by atomic mass is 15.0. The van der Waals surface area contributed by atoms with Crippen molar-refractivity contribution in [2.75, 3.05) is 0 Å². The Labute approximate surface area is 124 Å². The Morgan fingerprint density at radius 2 is 2.10 bits per heavy atom. The van der Waals surface area contributed by atoms with Crippen LogP contribution in [0.5, 0.6) is 0 Å². The molecule has 0 radical (unpaired) electrons. The van der Waals surface area contributed by atoms with Crippen molar-refractivity contribution in [1.82, 2.24) is 14.5 Å². The first-order chi connectivity index (χ1) is 10.3. The molecule has 0 bridgehead atoms. The lowest BCUT2D eigenvalue weighted by molar-refractivity contribution is 0.646. The van der Waals surface area contributed by atoms with Crippen LogP contribution in [0, 0.1) is 0 Å². The Bertz CT molecular complexity index is 718. The summed E-state index contributed by atoms with van der Waals surface area (Å²) in [7, 11) is 0. The molecular formula is C17H20N4. The van der Waals surface area contributed by atoms with Gasteiger partial charge in [0.1, 0.15) is 5.65 Å². The highest BCUT2D eigenvalue weighted by molar-refractivity contribution is 5.80. The second-order valence-corrected chi connectivity index (χ2v) is 5.39. The standard InChI is InChI=1S/C17H20N4/c1-2-15(18)9-14-12-21(11-13-5-3-7-19-10-13)17-16(14)6-4-8-20-17/h3-8,10,12,15H,2,9,11,18H2,1H3. The van der Waals surface area contributed by atoms with E-state index in [4.69, 9.17) is 5.73 Å². The highest BCUT2D eigenvalue weighted by Gasteiger charge is 2.12. The molecule has 0 aliphatic rings. The highest BCUT2D eigenvalue weighted by Crippen LogP contribution is 2.22. The molecule has 3 heterocycles. The molecule has 4 nitrogen and oxygen atoms in total. The first kappa shape index (κ1) is 13.8. The van der Waals surface area contributed by atoms with Crippen molar-refractivity contribution in [2.24, 2.45) is 5.73 Å². The number of aromatic nitrogens is 3. The molecule has 4 heteroatoms.